The summed E-state index contributed by atoms with van der Waals surface area (Å²) in [6.45, 7) is 14.6. The fourth-order valence-electron chi connectivity index (χ4n) is 0.703. The molecule has 0 saturated heterocycles. The van der Waals surface area contributed by atoms with Gasteiger partial charge in [-0.25, -0.2) is 0 Å². The number of hydrogen-bond donors (Lipinski definition) is 1. The van der Waals surface area contributed by atoms with Crippen LogP contribution in [0.5, 0.6) is 0 Å². The fourth-order valence-corrected chi connectivity index (χ4v) is 0.703. The highest BCUT2D eigenvalue weighted by atomic mass is 14.9. The van der Waals surface area contributed by atoms with E-state index in [2.05, 4.69) is 46.9 Å². The molecule has 0 aliphatic carbocycles. The maximum absolute atomic E-state index is 3.52. The first kappa shape index (κ1) is 11.0. The predicted octanol–water partition coefficient (Wildman–Crippen LogP) is 2.67. The van der Waals surface area contributed by atoms with E-state index in [1.54, 1.807) is 0 Å². The van der Waals surface area contributed by atoms with Crippen LogP contribution in [0.1, 0.15) is 41.5 Å². The molecule has 1 N–H and O–H groups in total. The standard InChI is InChI=1S/C10H23N/c1-8(2)9(3)11-7-10(4,5)6/h8-9,11H,7H2,1-6H3. The average Bonchev–Trinajstić information content (AvgIpc) is 1.80. The van der Waals surface area contributed by atoms with Crippen LogP contribution < -0.4 is 5.32 Å². The van der Waals surface area contributed by atoms with E-state index in [-0.39, 0.29) is 0 Å². The minimum Gasteiger partial charge on any atom is -0.313 e. The summed E-state index contributed by atoms with van der Waals surface area (Å²) in [4.78, 5) is 0. The van der Waals surface area contributed by atoms with Gasteiger partial charge in [0.2, 0.25) is 0 Å². The molecule has 0 radical (unpaired) electrons. The van der Waals surface area contributed by atoms with Crippen LogP contribution in [0, 0.1) is 11.3 Å². The monoisotopic (exact) mass is 157 g/mol. The van der Waals surface area contributed by atoms with E-state index < -0.39 is 0 Å². The van der Waals surface area contributed by atoms with E-state index >= 15 is 0 Å². The van der Waals surface area contributed by atoms with Crippen LogP contribution >= 0.6 is 0 Å². The van der Waals surface area contributed by atoms with Crippen molar-refractivity contribution in [3.63, 3.8) is 0 Å². The lowest BCUT2D eigenvalue weighted by molar-refractivity contribution is 0.326. The smallest absolute Gasteiger partial charge is 0.00619 e. The molecule has 0 amide bonds. The van der Waals surface area contributed by atoms with Crippen LogP contribution in [0.3, 0.4) is 0 Å². The summed E-state index contributed by atoms with van der Waals surface area (Å²) in [5.41, 5.74) is 0.406. The maximum atomic E-state index is 3.52. The lowest BCUT2D eigenvalue weighted by Crippen LogP contribution is -2.36. The van der Waals surface area contributed by atoms with E-state index in [0.717, 1.165) is 12.5 Å². The van der Waals surface area contributed by atoms with Crippen LogP contribution in [0.4, 0.5) is 0 Å². The van der Waals surface area contributed by atoms with Crippen molar-refractivity contribution in [2.75, 3.05) is 6.54 Å². The Morgan fingerprint density at radius 3 is 1.82 bits per heavy atom. The van der Waals surface area contributed by atoms with Crippen molar-refractivity contribution in [1.29, 1.82) is 0 Å². The van der Waals surface area contributed by atoms with Crippen LogP contribution in [0.2, 0.25) is 0 Å². The van der Waals surface area contributed by atoms with Gasteiger partial charge in [0, 0.05) is 12.6 Å². The molecule has 0 aromatic heterocycles. The normalized spacial score (nSPS) is 15.5. The van der Waals surface area contributed by atoms with Crippen molar-refractivity contribution in [2.45, 2.75) is 47.6 Å². The Hall–Kier alpha value is -0.0400. The van der Waals surface area contributed by atoms with E-state index in [0.29, 0.717) is 11.5 Å². The first-order valence-electron chi connectivity index (χ1n) is 4.56. The fraction of sp³-hybridized carbons (Fsp3) is 1.00. The molecule has 1 heteroatoms. The molecule has 0 saturated carbocycles. The second-order valence-corrected chi connectivity index (χ2v) is 4.97. The second-order valence-electron chi connectivity index (χ2n) is 4.97. The summed E-state index contributed by atoms with van der Waals surface area (Å²) in [6.07, 6.45) is 0. The van der Waals surface area contributed by atoms with Crippen LogP contribution in [-0.4, -0.2) is 12.6 Å². The highest BCUT2D eigenvalue weighted by Gasteiger charge is 2.12. The van der Waals surface area contributed by atoms with Gasteiger partial charge in [0.25, 0.3) is 0 Å². The molecule has 0 rings (SSSR count). The van der Waals surface area contributed by atoms with E-state index in [1.165, 1.54) is 0 Å². The molecule has 1 atom stereocenters. The molecule has 1 unspecified atom stereocenters. The Morgan fingerprint density at radius 2 is 1.55 bits per heavy atom. The van der Waals surface area contributed by atoms with Crippen LogP contribution in [0.15, 0.2) is 0 Å². The molecule has 0 spiro atoms. The van der Waals surface area contributed by atoms with Crippen molar-refractivity contribution in [3.8, 4) is 0 Å². The van der Waals surface area contributed by atoms with Gasteiger partial charge in [0.1, 0.15) is 0 Å². The van der Waals surface area contributed by atoms with Gasteiger partial charge in [-0.05, 0) is 18.3 Å². The minimum absolute atomic E-state index is 0.406. The molecular formula is C10H23N. The van der Waals surface area contributed by atoms with Crippen molar-refractivity contribution in [2.24, 2.45) is 11.3 Å². The third kappa shape index (κ3) is 6.36. The lowest BCUT2D eigenvalue weighted by Gasteiger charge is -2.24. The predicted molar refractivity (Wildman–Crippen MR) is 51.8 cm³/mol. The zero-order chi connectivity index (χ0) is 9.07. The Labute approximate surface area is 71.6 Å². The zero-order valence-corrected chi connectivity index (χ0v) is 8.86. The molecule has 1 nitrogen and oxygen atoms in total. The first-order chi connectivity index (χ1) is 4.83. The molecule has 68 valence electrons. The van der Waals surface area contributed by atoms with Gasteiger partial charge >= 0.3 is 0 Å². The van der Waals surface area contributed by atoms with Crippen molar-refractivity contribution < 1.29 is 0 Å². The molecule has 0 aromatic rings. The summed E-state index contributed by atoms with van der Waals surface area (Å²) in [6, 6.07) is 0.634. The quantitative estimate of drug-likeness (QED) is 0.664. The van der Waals surface area contributed by atoms with Crippen molar-refractivity contribution in [3.05, 3.63) is 0 Å². The van der Waals surface area contributed by atoms with Gasteiger partial charge in [-0.2, -0.15) is 0 Å². The SMILES string of the molecule is CC(C)C(C)NCC(C)(C)C. The maximum Gasteiger partial charge on any atom is 0.00619 e. The Bertz CT molecular complexity index is 99.9. The summed E-state index contributed by atoms with van der Waals surface area (Å²) in [5, 5.41) is 3.52. The third-order valence-corrected chi connectivity index (χ3v) is 1.95. The first-order valence-corrected chi connectivity index (χ1v) is 4.56. The van der Waals surface area contributed by atoms with E-state index in [1.807, 2.05) is 0 Å². The van der Waals surface area contributed by atoms with Crippen LogP contribution in [0.25, 0.3) is 0 Å². The molecule has 0 fully saturated rings. The summed E-state index contributed by atoms with van der Waals surface area (Å²) in [5.74, 6) is 0.734. The van der Waals surface area contributed by atoms with Gasteiger partial charge in [0.15, 0.2) is 0 Å². The largest absolute Gasteiger partial charge is 0.313 e. The molecule has 0 aromatic carbocycles. The van der Waals surface area contributed by atoms with Crippen molar-refractivity contribution in [1.82, 2.24) is 5.32 Å². The average molecular weight is 157 g/mol. The Morgan fingerprint density at radius 1 is 1.09 bits per heavy atom. The number of rotatable bonds is 3. The van der Waals surface area contributed by atoms with E-state index in [4.69, 9.17) is 0 Å². The molecular weight excluding hydrogens is 134 g/mol. The van der Waals surface area contributed by atoms with Gasteiger partial charge < -0.3 is 5.32 Å². The Kier molecular flexibility index (Phi) is 4.09. The van der Waals surface area contributed by atoms with Crippen LogP contribution in [-0.2, 0) is 0 Å². The van der Waals surface area contributed by atoms with Crippen molar-refractivity contribution >= 4 is 0 Å². The van der Waals surface area contributed by atoms with Gasteiger partial charge in [-0.1, -0.05) is 34.6 Å². The molecule has 0 heterocycles. The third-order valence-electron chi connectivity index (χ3n) is 1.95. The molecule has 11 heavy (non-hydrogen) atoms. The van der Waals surface area contributed by atoms with E-state index in [9.17, 15) is 0 Å². The minimum atomic E-state index is 0.406. The number of nitrogens with one attached hydrogen (secondary N) is 1. The lowest BCUT2D eigenvalue weighted by atomic mass is 9.95. The zero-order valence-electron chi connectivity index (χ0n) is 8.86. The molecule has 0 aliphatic rings. The molecule has 0 aliphatic heterocycles. The highest BCUT2D eigenvalue weighted by molar-refractivity contribution is 4.70. The molecule has 0 bridgehead atoms. The summed E-state index contributed by atoms with van der Waals surface area (Å²) >= 11 is 0. The topological polar surface area (TPSA) is 12.0 Å². The summed E-state index contributed by atoms with van der Waals surface area (Å²) in [7, 11) is 0. The number of hydrogen-bond acceptors (Lipinski definition) is 1. The van der Waals surface area contributed by atoms with Gasteiger partial charge in [0.05, 0.1) is 0 Å². The highest BCUT2D eigenvalue weighted by Crippen LogP contribution is 2.11. The summed E-state index contributed by atoms with van der Waals surface area (Å²) < 4.78 is 0. The Balaban J connectivity index is 3.54. The second kappa shape index (κ2) is 4.10. The van der Waals surface area contributed by atoms with Gasteiger partial charge in [-0.15, -0.1) is 0 Å². The van der Waals surface area contributed by atoms with Gasteiger partial charge in [-0.3, -0.25) is 0 Å².